The van der Waals surface area contributed by atoms with Crippen molar-refractivity contribution in [3.8, 4) is 0 Å². The molecule has 68 valence electrons. The smallest absolute Gasteiger partial charge is 0.0514 e. The van der Waals surface area contributed by atoms with Gasteiger partial charge in [-0.3, -0.25) is 0 Å². The summed E-state index contributed by atoms with van der Waals surface area (Å²) in [5.41, 5.74) is 0.208. The molecule has 0 aromatic carbocycles. The molecule has 2 nitrogen and oxygen atoms in total. The molecule has 1 aliphatic heterocycles. The van der Waals surface area contributed by atoms with E-state index in [-0.39, 0.29) is 5.41 Å². The first-order chi connectivity index (χ1) is 5.21. The first-order valence-electron chi connectivity index (χ1n) is 4.53. The van der Waals surface area contributed by atoms with Crippen LogP contribution in [0.15, 0.2) is 0 Å². The van der Waals surface area contributed by atoms with E-state index in [1.165, 1.54) is 0 Å². The van der Waals surface area contributed by atoms with Gasteiger partial charge >= 0.3 is 0 Å². The molecule has 1 saturated heterocycles. The third-order valence-electron chi connectivity index (χ3n) is 2.49. The van der Waals surface area contributed by atoms with Crippen molar-refractivity contribution in [2.24, 2.45) is 11.3 Å². The van der Waals surface area contributed by atoms with Gasteiger partial charge in [-0.15, -0.1) is 0 Å². The van der Waals surface area contributed by atoms with Crippen LogP contribution in [-0.2, 0) is 0 Å². The lowest BCUT2D eigenvalue weighted by Gasteiger charge is -2.44. The molecule has 0 bridgehead atoms. The summed E-state index contributed by atoms with van der Waals surface area (Å²) in [6.07, 6.45) is 0. The van der Waals surface area contributed by atoms with Crippen molar-refractivity contribution >= 4 is 0 Å². The van der Waals surface area contributed by atoms with Crippen LogP contribution in [0.2, 0.25) is 0 Å². The number of aliphatic hydroxyl groups is 1. The highest BCUT2D eigenvalue weighted by atomic mass is 16.3. The molecule has 0 amide bonds. The molecule has 2 heteroatoms. The predicted octanol–water partition coefficient (Wildman–Crippen LogP) is 1.25. The number of nitrogens with one attached hydrogen (secondary N) is 1. The van der Waals surface area contributed by atoms with Gasteiger partial charge in [-0.1, -0.05) is 27.7 Å². The fraction of sp³-hybridized carbons (Fsp3) is 1.00. The normalized spacial score (nSPS) is 20.2. The van der Waals surface area contributed by atoms with Crippen LogP contribution < -0.4 is 5.32 Å². The van der Waals surface area contributed by atoms with Crippen LogP contribution in [0.4, 0.5) is 0 Å². The fourth-order valence-electron chi connectivity index (χ4n) is 1.15. The summed E-state index contributed by atoms with van der Waals surface area (Å²) in [4.78, 5) is 0. The van der Waals surface area contributed by atoms with Gasteiger partial charge in [0.2, 0.25) is 0 Å². The molecule has 1 heterocycles. The molecule has 2 N–H and O–H groups in total. The van der Waals surface area contributed by atoms with E-state index in [9.17, 15) is 0 Å². The molecule has 1 rings (SSSR count). The average Bonchev–Trinajstić information content (AvgIpc) is 1.90. The molecule has 0 atom stereocenters. The van der Waals surface area contributed by atoms with Gasteiger partial charge in [-0.25, -0.2) is 0 Å². The van der Waals surface area contributed by atoms with E-state index in [2.05, 4.69) is 19.2 Å². The van der Waals surface area contributed by atoms with Crippen LogP contribution in [0.25, 0.3) is 0 Å². The summed E-state index contributed by atoms with van der Waals surface area (Å²) in [5.74, 6) is 0.601. The van der Waals surface area contributed by atoms with Crippen molar-refractivity contribution in [1.82, 2.24) is 5.32 Å². The van der Waals surface area contributed by atoms with E-state index in [4.69, 9.17) is 5.11 Å². The van der Waals surface area contributed by atoms with Crippen molar-refractivity contribution in [3.63, 3.8) is 0 Å². The second-order valence-electron chi connectivity index (χ2n) is 3.28. The average molecular weight is 159 g/mol. The lowest BCUT2D eigenvalue weighted by Crippen LogP contribution is -2.58. The highest BCUT2D eigenvalue weighted by molar-refractivity contribution is 4.93. The molecule has 1 fully saturated rings. The highest BCUT2D eigenvalue weighted by Crippen LogP contribution is 2.30. The molecular weight excluding hydrogens is 138 g/mol. The molecular formula is C9H21NO. The first kappa shape index (κ1) is 10.9. The van der Waals surface area contributed by atoms with Crippen LogP contribution in [0, 0.1) is 11.3 Å². The van der Waals surface area contributed by atoms with Crippen molar-refractivity contribution in [3.05, 3.63) is 0 Å². The van der Waals surface area contributed by atoms with Gasteiger partial charge in [0.25, 0.3) is 0 Å². The largest absolute Gasteiger partial charge is 0.396 e. The minimum absolute atomic E-state index is 0.208. The number of rotatable bonds is 2. The summed E-state index contributed by atoms with van der Waals surface area (Å²) in [6.45, 7) is 10.6. The molecule has 0 aliphatic carbocycles. The third kappa shape index (κ3) is 2.17. The molecule has 0 radical (unpaired) electrons. The van der Waals surface area contributed by atoms with Crippen molar-refractivity contribution in [1.29, 1.82) is 0 Å². The molecule has 0 saturated carbocycles. The summed E-state index contributed by atoms with van der Waals surface area (Å²) < 4.78 is 0. The Morgan fingerprint density at radius 3 is 1.82 bits per heavy atom. The minimum Gasteiger partial charge on any atom is -0.396 e. The predicted molar refractivity (Wildman–Crippen MR) is 48.6 cm³/mol. The zero-order chi connectivity index (χ0) is 8.91. The van der Waals surface area contributed by atoms with Crippen LogP contribution in [0.1, 0.15) is 27.7 Å². The van der Waals surface area contributed by atoms with E-state index in [1.807, 2.05) is 13.8 Å². The molecule has 0 aromatic rings. The van der Waals surface area contributed by atoms with Gasteiger partial charge in [0, 0.05) is 18.5 Å². The fourth-order valence-corrected chi connectivity index (χ4v) is 1.15. The van der Waals surface area contributed by atoms with Crippen LogP contribution in [0.5, 0.6) is 0 Å². The Hall–Kier alpha value is -0.0800. The molecule has 1 aliphatic rings. The van der Waals surface area contributed by atoms with Crippen LogP contribution >= 0.6 is 0 Å². The quantitative estimate of drug-likeness (QED) is 0.635. The van der Waals surface area contributed by atoms with E-state index < -0.39 is 0 Å². The number of hydrogen-bond acceptors (Lipinski definition) is 2. The monoisotopic (exact) mass is 159 g/mol. The highest BCUT2D eigenvalue weighted by Gasteiger charge is 2.38. The Labute approximate surface area is 70.0 Å². The van der Waals surface area contributed by atoms with E-state index in [0.29, 0.717) is 12.5 Å². The Kier molecular flexibility index (Phi) is 4.69. The van der Waals surface area contributed by atoms with Crippen LogP contribution in [0.3, 0.4) is 0 Å². The Balaban J connectivity index is 0.000000461. The first-order valence-corrected chi connectivity index (χ1v) is 4.53. The van der Waals surface area contributed by atoms with Gasteiger partial charge in [-0.05, 0) is 5.92 Å². The third-order valence-corrected chi connectivity index (χ3v) is 2.49. The van der Waals surface area contributed by atoms with Crippen molar-refractivity contribution in [2.45, 2.75) is 27.7 Å². The topological polar surface area (TPSA) is 32.3 Å². The molecule has 0 unspecified atom stereocenters. The minimum atomic E-state index is 0.208. The molecule has 0 spiro atoms. The Morgan fingerprint density at radius 1 is 1.36 bits per heavy atom. The standard InChI is InChI=1S/C7H15NO.C2H6/c1-6(2)7(5-9)3-8-4-7;1-2/h6,8-9H,3-5H2,1-2H3;1-2H3. The van der Waals surface area contributed by atoms with Gasteiger partial charge < -0.3 is 10.4 Å². The summed E-state index contributed by atoms with van der Waals surface area (Å²) >= 11 is 0. The zero-order valence-electron chi connectivity index (χ0n) is 8.15. The summed E-state index contributed by atoms with van der Waals surface area (Å²) in [5, 5.41) is 12.1. The van der Waals surface area contributed by atoms with Crippen molar-refractivity contribution < 1.29 is 5.11 Å². The molecule has 0 aromatic heterocycles. The van der Waals surface area contributed by atoms with Crippen LogP contribution in [-0.4, -0.2) is 24.8 Å². The lowest BCUT2D eigenvalue weighted by molar-refractivity contribution is 0.0242. The second-order valence-corrected chi connectivity index (χ2v) is 3.28. The zero-order valence-corrected chi connectivity index (χ0v) is 8.15. The van der Waals surface area contributed by atoms with E-state index >= 15 is 0 Å². The maximum atomic E-state index is 8.97. The molecule has 11 heavy (non-hydrogen) atoms. The number of aliphatic hydroxyl groups excluding tert-OH is 1. The summed E-state index contributed by atoms with van der Waals surface area (Å²) in [6, 6.07) is 0. The van der Waals surface area contributed by atoms with Gasteiger partial charge in [0.05, 0.1) is 6.61 Å². The van der Waals surface area contributed by atoms with E-state index in [1.54, 1.807) is 0 Å². The Morgan fingerprint density at radius 2 is 1.82 bits per heavy atom. The Bertz CT molecular complexity index is 92.2. The second kappa shape index (κ2) is 4.73. The maximum Gasteiger partial charge on any atom is 0.0514 e. The maximum absolute atomic E-state index is 8.97. The van der Waals surface area contributed by atoms with E-state index in [0.717, 1.165) is 13.1 Å². The number of hydrogen-bond donors (Lipinski definition) is 2. The van der Waals surface area contributed by atoms with Gasteiger partial charge in [0.1, 0.15) is 0 Å². The lowest BCUT2D eigenvalue weighted by atomic mass is 9.73. The summed E-state index contributed by atoms with van der Waals surface area (Å²) in [7, 11) is 0. The van der Waals surface area contributed by atoms with Gasteiger partial charge in [0.15, 0.2) is 0 Å². The van der Waals surface area contributed by atoms with Gasteiger partial charge in [-0.2, -0.15) is 0 Å². The SMILES string of the molecule is CC.CC(C)C1(CO)CNC1. The van der Waals surface area contributed by atoms with Crippen molar-refractivity contribution in [2.75, 3.05) is 19.7 Å².